The molecule has 162 valence electrons. The maximum absolute atomic E-state index is 13.5. The molecule has 7 heteroatoms. The van der Waals surface area contributed by atoms with E-state index in [0.717, 1.165) is 63.4 Å². The van der Waals surface area contributed by atoms with Crippen LogP contribution in [-0.2, 0) is 17.8 Å². The van der Waals surface area contributed by atoms with Crippen LogP contribution in [0.1, 0.15) is 24.0 Å². The van der Waals surface area contributed by atoms with Crippen molar-refractivity contribution in [2.75, 3.05) is 37.6 Å². The fraction of sp³-hybridized carbons (Fsp3) is 0.458. The van der Waals surface area contributed by atoms with Gasteiger partial charge in [0.2, 0.25) is 5.91 Å². The van der Waals surface area contributed by atoms with Crippen LogP contribution in [0.3, 0.4) is 0 Å². The van der Waals surface area contributed by atoms with Gasteiger partial charge in [-0.15, -0.1) is 0 Å². The molecule has 2 unspecified atom stereocenters. The second-order valence-corrected chi connectivity index (χ2v) is 8.89. The van der Waals surface area contributed by atoms with E-state index in [9.17, 15) is 14.9 Å². The zero-order valence-electron chi connectivity index (χ0n) is 17.7. The molecule has 0 radical (unpaired) electrons. The summed E-state index contributed by atoms with van der Waals surface area (Å²) in [5, 5.41) is 11.3. The van der Waals surface area contributed by atoms with Crippen LogP contribution >= 0.6 is 0 Å². The van der Waals surface area contributed by atoms with Crippen molar-refractivity contribution in [3.63, 3.8) is 0 Å². The molecule has 3 aliphatic heterocycles. The summed E-state index contributed by atoms with van der Waals surface area (Å²) in [4.78, 5) is 31.2. The van der Waals surface area contributed by atoms with E-state index in [-0.39, 0.29) is 28.5 Å². The maximum atomic E-state index is 13.5. The van der Waals surface area contributed by atoms with Crippen LogP contribution < -0.4 is 4.90 Å². The Balaban J connectivity index is 1.44. The van der Waals surface area contributed by atoms with Crippen LogP contribution in [0.2, 0.25) is 0 Å². The number of hydrogen-bond donors (Lipinski definition) is 0. The third-order valence-corrected chi connectivity index (χ3v) is 6.97. The topological polar surface area (TPSA) is 69.9 Å². The number of carbonyl (C=O) groups excluding carboxylic acids is 1. The van der Waals surface area contributed by atoms with Crippen molar-refractivity contribution in [2.45, 2.75) is 31.8 Å². The maximum Gasteiger partial charge on any atom is 0.269 e. The fourth-order valence-electron chi connectivity index (χ4n) is 5.42. The highest BCUT2D eigenvalue weighted by Crippen LogP contribution is 2.39. The number of piperazine rings is 1. The Bertz CT molecular complexity index is 974. The van der Waals surface area contributed by atoms with Gasteiger partial charge in [0, 0.05) is 57.1 Å². The number of nitro groups is 1. The standard InChI is InChI=1S/C24H28N4O3/c29-24(26-10-4-5-11-26)21-15-19-14-20(28(30)31)8-9-22(19)27-13-12-25(17-23(21)27)16-18-6-2-1-3-7-18/h1-3,6-9,14,21,23H,4-5,10-13,15-17H2. The molecule has 3 aliphatic rings. The summed E-state index contributed by atoms with van der Waals surface area (Å²) in [5.74, 6) is 0.0531. The Labute approximate surface area is 182 Å². The minimum absolute atomic E-state index is 0.0968. The molecule has 1 amide bonds. The molecular formula is C24H28N4O3. The average Bonchev–Trinajstić information content (AvgIpc) is 3.33. The highest BCUT2D eigenvalue weighted by molar-refractivity contribution is 5.82. The molecule has 0 aliphatic carbocycles. The fourth-order valence-corrected chi connectivity index (χ4v) is 5.42. The SMILES string of the molecule is O=C(C1Cc2cc([N+](=O)[O-])ccc2N2CCN(Cc3ccccc3)CC12)N1CCCC1. The lowest BCUT2D eigenvalue weighted by molar-refractivity contribution is -0.384. The van der Waals surface area contributed by atoms with Crippen LogP contribution in [0.15, 0.2) is 48.5 Å². The lowest BCUT2D eigenvalue weighted by atomic mass is 9.82. The first-order valence-corrected chi connectivity index (χ1v) is 11.2. The van der Waals surface area contributed by atoms with E-state index in [1.165, 1.54) is 5.56 Å². The Morgan fingerprint density at radius 3 is 2.55 bits per heavy atom. The van der Waals surface area contributed by atoms with Crippen molar-refractivity contribution in [1.82, 2.24) is 9.80 Å². The molecule has 0 bridgehead atoms. The Hall–Kier alpha value is -2.93. The molecule has 0 saturated carbocycles. The minimum Gasteiger partial charge on any atom is -0.365 e. The number of nitro benzene ring substituents is 1. The highest BCUT2D eigenvalue weighted by atomic mass is 16.6. The monoisotopic (exact) mass is 420 g/mol. The third-order valence-electron chi connectivity index (χ3n) is 6.97. The van der Waals surface area contributed by atoms with Gasteiger partial charge in [0.1, 0.15) is 0 Å². The predicted octanol–water partition coefficient (Wildman–Crippen LogP) is 3.08. The van der Waals surface area contributed by atoms with Crippen molar-refractivity contribution in [2.24, 2.45) is 5.92 Å². The van der Waals surface area contributed by atoms with Gasteiger partial charge in [-0.3, -0.25) is 19.8 Å². The van der Waals surface area contributed by atoms with Crippen LogP contribution in [0.5, 0.6) is 0 Å². The van der Waals surface area contributed by atoms with Crippen molar-refractivity contribution >= 4 is 17.3 Å². The molecule has 0 N–H and O–H groups in total. The van der Waals surface area contributed by atoms with Crippen LogP contribution in [0, 0.1) is 16.0 Å². The Kier molecular flexibility index (Phi) is 5.36. The largest absolute Gasteiger partial charge is 0.365 e. The molecule has 2 atom stereocenters. The van der Waals surface area contributed by atoms with Gasteiger partial charge in [0.15, 0.2) is 0 Å². The van der Waals surface area contributed by atoms with E-state index in [0.29, 0.717) is 6.42 Å². The first kappa shape index (κ1) is 20.0. The van der Waals surface area contributed by atoms with Gasteiger partial charge in [0.05, 0.1) is 16.9 Å². The van der Waals surface area contributed by atoms with Gasteiger partial charge in [-0.05, 0) is 36.5 Å². The van der Waals surface area contributed by atoms with Gasteiger partial charge < -0.3 is 9.80 Å². The predicted molar refractivity (Wildman–Crippen MR) is 119 cm³/mol. The Morgan fingerprint density at radius 1 is 1.03 bits per heavy atom. The lowest BCUT2D eigenvalue weighted by Crippen LogP contribution is -2.61. The zero-order chi connectivity index (χ0) is 21.4. The van der Waals surface area contributed by atoms with Gasteiger partial charge >= 0.3 is 0 Å². The van der Waals surface area contributed by atoms with E-state index < -0.39 is 0 Å². The van der Waals surface area contributed by atoms with Crippen LogP contribution in [0.25, 0.3) is 0 Å². The van der Waals surface area contributed by atoms with Crippen molar-refractivity contribution in [1.29, 1.82) is 0 Å². The summed E-state index contributed by atoms with van der Waals surface area (Å²) in [6, 6.07) is 15.7. The van der Waals surface area contributed by atoms with E-state index in [2.05, 4.69) is 34.1 Å². The molecule has 5 rings (SSSR count). The minimum atomic E-state index is -0.346. The molecule has 2 aromatic rings. The second kappa shape index (κ2) is 8.30. The molecule has 0 aromatic heterocycles. The summed E-state index contributed by atoms with van der Waals surface area (Å²) in [6.07, 6.45) is 2.71. The molecule has 31 heavy (non-hydrogen) atoms. The number of nitrogens with zero attached hydrogens (tertiary/aromatic N) is 4. The summed E-state index contributed by atoms with van der Waals surface area (Å²) in [6.45, 7) is 5.10. The molecule has 3 heterocycles. The summed E-state index contributed by atoms with van der Waals surface area (Å²) in [7, 11) is 0. The normalized spacial score (nSPS) is 23.4. The number of amides is 1. The van der Waals surface area contributed by atoms with Gasteiger partial charge in [0.25, 0.3) is 5.69 Å². The third kappa shape index (κ3) is 3.90. The highest BCUT2D eigenvalue weighted by Gasteiger charge is 2.43. The summed E-state index contributed by atoms with van der Waals surface area (Å²) < 4.78 is 0. The molecule has 2 aromatic carbocycles. The zero-order valence-corrected chi connectivity index (χ0v) is 17.7. The van der Waals surface area contributed by atoms with E-state index >= 15 is 0 Å². The second-order valence-electron chi connectivity index (χ2n) is 8.89. The molecular weight excluding hydrogens is 392 g/mol. The smallest absolute Gasteiger partial charge is 0.269 e. The summed E-state index contributed by atoms with van der Waals surface area (Å²) >= 11 is 0. The number of benzene rings is 2. The summed E-state index contributed by atoms with van der Waals surface area (Å²) in [5.41, 5.74) is 3.37. The average molecular weight is 421 g/mol. The first-order chi connectivity index (χ1) is 15.1. The Morgan fingerprint density at radius 2 is 1.81 bits per heavy atom. The lowest BCUT2D eigenvalue weighted by Gasteiger charge is -2.49. The molecule has 2 fully saturated rings. The number of hydrogen-bond acceptors (Lipinski definition) is 5. The van der Waals surface area contributed by atoms with E-state index in [1.807, 2.05) is 17.0 Å². The number of non-ortho nitro benzene ring substituents is 1. The van der Waals surface area contributed by atoms with Crippen molar-refractivity contribution < 1.29 is 9.72 Å². The van der Waals surface area contributed by atoms with Crippen LogP contribution in [-0.4, -0.2) is 59.4 Å². The van der Waals surface area contributed by atoms with Gasteiger partial charge in [-0.2, -0.15) is 0 Å². The van der Waals surface area contributed by atoms with E-state index in [1.54, 1.807) is 12.1 Å². The van der Waals surface area contributed by atoms with E-state index in [4.69, 9.17) is 0 Å². The number of likely N-dealkylation sites (tertiary alicyclic amines) is 1. The molecule has 2 saturated heterocycles. The van der Waals surface area contributed by atoms with Gasteiger partial charge in [-0.25, -0.2) is 0 Å². The number of rotatable bonds is 4. The van der Waals surface area contributed by atoms with Crippen molar-refractivity contribution in [3.05, 3.63) is 69.8 Å². The molecule has 0 spiro atoms. The number of fused-ring (bicyclic) bond motifs is 3. The number of carbonyl (C=O) groups is 1. The molecule has 7 nitrogen and oxygen atoms in total. The van der Waals surface area contributed by atoms with Crippen molar-refractivity contribution in [3.8, 4) is 0 Å². The first-order valence-electron chi connectivity index (χ1n) is 11.2. The van der Waals surface area contributed by atoms with Gasteiger partial charge in [-0.1, -0.05) is 30.3 Å². The quantitative estimate of drug-likeness (QED) is 0.562. The number of anilines is 1. The van der Waals surface area contributed by atoms with Crippen LogP contribution in [0.4, 0.5) is 11.4 Å².